The Kier molecular flexibility index (Phi) is 4.96. The van der Waals surface area contributed by atoms with Gasteiger partial charge in [0.25, 0.3) is 0 Å². The van der Waals surface area contributed by atoms with Crippen molar-refractivity contribution in [1.29, 1.82) is 0 Å². The zero-order valence-corrected chi connectivity index (χ0v) is 11.0. The van der Waals surface area contributed by atoms with Gasteiger partial charge in [0.2, 0.25) is 0 Å². The Bertz CT molecular complexity index is 327. The van der Waals surface area contributed by atoms with E-state index in [1.54, 1.807) is 7.11 Å². The predicted octanol–water partition coefficient (Wildman–Crippen LogP) is 1.47. The van der Waals surface area contributed by atoms with E-state index in [1.807, 2.05) is 7.05 Å². The van der Waals surface area contributed by atoms with Gasteiger partial charge in [-0.2, -0.15) is 5.10 Å². The fourth-order valence-electron chi connectivity index (χ4n) is 2.21. The molecule has 1 N–H and O–H groups in total. The molecule has 4 nitrogen and oxygen atoms in total. The van der Waals surface area contributed by atoms with Gasteiger partial charge in [0, 0.05) is 19.3 Å². The molecule has 0 amide bonds. The summed E-state index contributed by atoms with van der Waals surface area (Å²) in [6, 6.07) is 0.272. The molecule has 0 fully saturated rings. The van der Waals surface area contributed by atoms with Crippen LogP contribution in [0.4, 0.5) is 0 Å². The van der Waals surface area contributed by atoms with Gasteiger partial charge in [0.15, 0.2) is 0 Å². The van der Waals surface area contributed by atoms with E-state index in [2.05, 4.69) is 35.9 Å². The van der Waals surface area contributed by atoms with Crippen molar-refractivity contribution in [2.45, 2.75) is 33.2 Å². The fraction of sp³-hybridized carbons (Fsp3) is 0.750. The molecule has 1 atom stereocenters. The van der Waals surface area contributed by atoms with E-state index in [0.29, 0.717) is 6.61 Å². The second-order valence-electron chi connectivity index (χ2n) is 4.11. The van der Waals surface area contributed by atoms with Crippen LogP contribution in [0.1, 0.15) is 29.9 Å². The average Bonchev–Trinajstić information content (AvgIpc) is 2.53. The summed E-state index contributed by atoms with van der Waals surface area (Å²) in [5, 5.41) is 7.80. The third-order valence-electron chi connectivity index (χ3n) is 2.97. The molecule has 0 radical (unpaired) electrons. The van der Waals surface area contributed by atoms with Crippen molar-refractivity contribution in [2.75, 3.05) is 27.3 Å². The maximum absolute atomic E-state index is 5.25. The van der Waals surface area contributed by atoms with Crippen LogP contribution in [0.3, 0.4) is 0 Å². The van der Waals surface area contributed by atoms with Gasteiger partial charge in [-0.05, 0) is 32.9 Å². The Morgan fingerprint density at radius 1 is 1.44 bits per heavy atom. The first-order valence-electron chi connectivity index (χ1n) is 5.83. The summed E-state index contributed by atoms with van der Waals surface area (Å²) >= 11 is 0. The highest BCUT2D eigenvalue weighted by Gasteiger charge is 2.17. The topological polar surface area (TPSA) is 39.1 Å². The molecule has 0 saturated heterocycles. The lowest BCUT2D eigenvalue weighted by atomic mass is 10.1. The third-order valence-corrected chi connectivity index (χ3v) is 2.97. The van der Waals surface area contributed by atoms with Gasteiger partial charge in [-0.25, -0.2) is 0 Å². The van der Waals surface area contributed by atoms with Gasteiger partial charge < -0.3 is 10.1 Å². The highest BCUT2D eigenvalue weighted by Crippen LogP contribution is 2.17. The van der Waals surface area contributed by atoms with Crippen molar-refractivity contribution < 1.29 is 4.74 Å². The molecule has 1 unspecified atom stereocenters. The molecule has 0 spiro atoms. The van der Waals surface area contributed by atoms with Gasteiger partial charge in [0.1, 0.15) is 0 Å². The molecule has 0 aliphatic rings. The number of aromatic nitrogens is 2. The summed E-state index contributed by atoms with van der Waals surface area (Å²) in [6.07, 6.45) is 1.04. The molecule has 1 aromatic heterocycles. The minimum atomic E-state index is 0.272. The number of hydrogen-bond acceptors (Lipinski definition) is 3. The third kappa shape index (κ3) is 2.62. The number of ether oxygens (including phenoxy) is 1. The number of nitrogens with zero attached hydrogens (tertiary/aromatic N) is 2. The lowest BCUT2D eigenvalue weighted by Crippen LogP contribution is -2.27. The van der Waals surface area contributed by atoms with Crippen LogP contribution < -0.4 is 5.32 Å². The standard InChI is InChI=1S/C12H23N3O/c1-6-12-9(2)14-15(10(12)3)11(7-13-4)8-16-5/h11,13H,6-8H2,1-5H3. The molecule has 1 heterocycles. The molecular weight excluding hydrogens is 202 g/mol. The molecule has 92 valence electrons. The number of aryl methyl sites for hydroxylation is 1. The maximum atomic E-state index is 5.25. The van der Waals surface area contributed by atoms with E-state index in [1.165, 1.54) is 11.3 Å². The first kappa shape index (κ1) is 13.2. The van der Waals surface area contributed by atoms with Crippen molar-refractivity contribution in [2.24, 2.45) is 0 Å². The largest absolute Gasteiger partial charge is 0.382 e. The maximum Gasteiger partial charge on any atom is 0.0879 e. The van der Waals surface area contributed by atoms with Crippen molar-refractivity contribution in [3.63, 3.8) is 0 Å². The molecule has 1 rings (SSSR count). The fourth-order valence-corrected chi connectivity index (χ4v) is 2.21. The van der Waals surface area contributed by atoms with Gasteiger partial charge in [-0.15, -0.1) is 0 Å². The molecular formula is C12H23N3O. The lowest BCUT2D eigenvalue weighted by Gasteiger charge is -2.18. The molecule has 0 aliphatic carbocycles. The first-order valence-corrected chi connectivity index (χ1v) is 5.83. The number of nitrogens with one attached hydrogen (secondary N) is 1. The van der Waals surface area contributed by atoms with Crippen LogP contribution in [-0.2, 0) is 11.2 Å². The van der Waals surface area contributed by atoms with Gasteiger partial charge in [0.05, 0.1) is 18.3 Å². The van der Waals surface area contributed by atoms with E-state index in [-0.39, 0.29) is 6.04 Å². The highest BCUT2D eigenvalue weighted by atomic mass is 16.5. The number of methoxy groups -OCH3 is 1. The van der Waals surface area contributed by atoms with E-state index >= 15 is 0 Å². The van der Waals surface area contributed by atoms with E-state index in [9.17, 15) is 0 Å². The predicted molar refractivity (Wildman–Crippen MR) is 65.9 cm³/mol. The summed E-state index contributed by atoms with van der Waals surface area (Å²) in [5.74, 6) is 0. The summed E-state index contributed by atoms with van der Waals surface area (Å²) in [5.41, 5.74) is 3.76. The second kappa shape index (κ2) is 6.01. The normalized spacial score (nSPS) is 13.1. The molecule has 0 saturated carbocycles. The molecule has 0 aliphatic heterocycles. The van der Waals surface area contributed by atoms with Crippen LogP contribution in [0.25, 0.3) is 0 Å². The zero-order chi connectivity index (χ0) is 12.1. The average molecular weight is 225 g/mol. The molecule has 0 bridgehead atoms. The molecule has 1 aromatic rings. The molecule has 0 aromatic carbocycles. The van der Waals surface area contributed by atoms with Gasteiger partial charge in [-0.1, -0.05) is 6.92 Å². The van der Waals surface area contributed by atoms with Gasteiger partial charge in [-0.3, -0.25) is 4.68 Å². The Hall–Kier alpha value is -0.870. The minimum Gasteiger partial charge on any atom is -0.382 e. The quantitative estimate of drug-likeness (QED) is 0.797. The zero-order valence-electron chi connectivity index (χ0n) is 11.0. The van der Waals surface area contributed by atoms with Crippen LogP contribution in [0.2, 0.25) is 0 Å². The van der Waals surface area contributed by atoms with Crippen LogP contribution >= 0.6 is 0 Å². The van der Waals surface area contributed by atoms with Gasteiger partial charge >= 0.3 is 0 Å². The van der Waals surface area contributed by atoms with Crippen molar-refractivity contribution >= 4 is 0 Å². The number of rotatable bonds is 6. The SMILES string of the molecule is CCc1c(C)nn(C(CNC)COC)c1C. The molecule has 16 heavy (non-hydrogen) atoms. The Balaban J connectivity index is 2.99. The lowest BCUT2D eigenvalue weighted by molar-refractivity contribution is 0.148. The Morgan fingerprint density at radius 3 is 2.56 bits per heavy atom. The minimum absolute atomic E-state index is 0.272. The van der Waals surface area contributed by atoms with Crippen LogP contribution in [0, 0.1) is 13.8 Å². The number of likely N-dealkylation sites (N-methyl/N-ethyl adjacent to an activating group) is 1. The van der Waals surface area contributed by atoms with E-state index in [4.69, 9.17) is 4.74 Å². The Morgan fingerprint density at radius 2 is 2.12 bits per heavy atom. The molecule has 4 heteroatoms. The Labute approximate surface area is 98.0 Å². The van der Waals surface area contributed by atoms with Crippen molar-refractivity contribution in [3.8, 4) is 0 Å². The van der Waals surface area contributed by atoms with E-state index in [0.717, 1.165) is 18.7 Å². The van der Waals surface area contributed by atoms with Crippen LogP contribution in [-0.4, -0.2) is 37.1 Å². The summed E-state index contributed by atoms with van der Waals surface area (Å²) in [6.45, 7) is 7.94. The second-order valence-corrected chi connectivity index (χ2v) is 4.11. The van der Waals surface area contributed by atoms with Crippen molar-refractivity contribution in [1.82, 2.24) is 15.1 Å². The monoisotopic (exact) mass is 225 g/mol. The van der Waals surface area contributed by atoms with Crippen molar-refractivity contribution in [3.05, 3.63) is 17.0 Å². The van der Waals surface area contributed by atoms with Crippen LogP contribution in [0.5, 0.6) is 0 Å². The highest BCUT2D eigenvalue weighted by molar-refractivity contribution is 5.24. The summed E-state index contributed by atoms with van der Waals surface area (Å²) < 4.78 is 7.34. The van der Waals surface area contributed by atoms with E-state index < -0.39 is 0 Å². The van der Waals surface area contributed by atoms with Crippen LogP contribution in [0.15, 0.2) is 0 Å². The smallest absolute Gasteiger partial charge is 0.0879 e. The number of hydrogen-bond donors (Lipinski definition) is 1. The summed E-state index contributed by atoms with van der Waals surface area (Å²) in [7, 11) is 3.68. The first-order chi connectivity index (χ1) is 7.65. The summed E-state index contributed by atoms with van der Waals surface area (Å²) in [4.78, 5) is 0.